The second kappa shape index (κ2) is 3.57. The third kappa shape index (κ3) is 2.65. The third-order valence-corrected chi connectivity index (χ3v) is 1.29. The molecule has 0 unspecified atom stereocenters. The van der Waals surface area contributed by atoms with Crippen LogP contribution in [0.5, 0.6) is 5.75 Å². The molecule has 1 heterocycles. The second-order valence-electron chi connectivity index (χ2n) is 2.62. The molecule has 76 valence electrons. The van der Waals surface area contributed by atoms with Gasteiger partial charge < -0.3 is 10.5 Å². The van der Waals surface area contributed by atoms with Gasteiger partial charge in [0.2, 0.25) is 0 Å². The molecule has 0 bridgehead atoms. The van der Waals surface area contributed by atoms with E-state index >= 15 is 0 Å². The van der Waals surface area contributed by atoms with Crippen LogP contribution in [-0.2, 0) is 0 Å². The lowest BCUT2D eigenvalue weighted by Crippen LogP contribution is -2.23. The molecule has 1 amide bonds. The van der Waals surface area contributed by atoms with Crippen molar-refractivity contribution in [3.05, 3.63) is 24.0 Å². The molecule has 0 spiro atoms. The van der Waals surface area contributed by atoms with Gasteiger partial charge >= 0.3 is 6.11 Å². The Bertz CT molecular complexity index is 349. The number of nitrogens with two attached hydrogens (primary N) is 1. The summed E-state index contributed by atoms with van der Waals surface area (Å²) >= 11 is 0. The number of ether oxygens (including phenoxy) is 1. The highest BCUT2D eigenvalue weighted by molar-refractivity contribution is 5.93. The van der Waals surface area contributed by atoms with E-state index in [-0.39, 0.29) is 11.4 Å². The molecule has 0 aliphatic rings. The zero-order valence-corrected chi connectivity index (χ0v) is 7.33. The highest BCUT2D eigenvalue weighted by Crippen LogP contribution is 2.22. The van der Waals surface area contributed by atoms with Crippen molar-refractivity contribution in [2.45, 2.75) is 13.0 Å². The number of alkyl halides is 2. The van der Waals surface area contributed by atoms with E-state index in [1.807, 2.05) is 0 Å². The molecule has 6 heteroatoms. The first-order valence-electron chi connectivity index (χ1n) is 3.72. The lowest BCUT2D eigenvalue weighted by atomic mass is 10.3. The summed E-state index contributed by atoms with van der Waals surface area (Å²) in [6, 6.07) is 2.57. The number of aromatic nitrogens is 1. The van der Waals surface area contributed by atoms with E-state index in [1.165, 1.54) is 18.3 Å². The van der Waals surface area contributed by atoms with Crippen LogP contribution in [0.25, 0.3) is 0 Å². The van der Waals surface area contributed by atoms with Gasteiger partial charge in [0.05, 0.1) is 0 Å². The first-order valence-corrected chi connectivity index (χ1v) is 3.72. The number of carbonyl (C=O) groups is 1. The lowest BCUT2D eigenvalue weighted by Gasteiger charge is -2.13. The number of amides is 1. The molecule has 14 heavy (non-hydrogen) atoms. The summed E-state index contributed by atoms with van der Waals surface area (Å²) in [5, 5.41) is 0. The van der Waals surface area contributed by atoms with Crippen LogP contribution in [-0.4, -0.2) is 17.0 Å². The Morgan fingerprint density at radius 2 is 2.29 bits per heavy atom. The van der Waals surface area contributed by atoms with Crippen molar-refractivity contribution >= 4 is 5.91 Å². The highest BCUT2D eigenvalue weighted by atomic mass is 19.3. The third-order valence-electron chi connectivity index (χ3n) is 1.29. The van der Waals surface area contributed by atoms with Crippen molar-refractivity contribution in [3.8, 4) is 5.75 Å². The van der Waals surface area contributed by atoms with Gasteiger partial charge in [-0.15, -0.1) is 0 Å². The quantitative estimate of drug-likeness (QED) is 0.800. The molecule has 0 radical (unpaired) electrons. The van der Waals surface area contributed by atoms with Crippen LogP contribution in [0.4, 0.5) is 8.78 Å². The van der Waals surface area contributed by atoms with E-state index in [2.05, 4.69) is 9.72 Å². The number of pyridine rings is 1. The summed E-state index contributed by atoms with van der Waals surface area (Å²) in [4.78, 5) is 14.3. The summed E-state index contributed by atoms with van der Waals surface area (Å²) in [5.41, 5.74) is 4.60. The van der Waals surface area contributed by atoms with Crippen molar-refractivity contribution in [2.24, 2.45) is 5.73 Å². The number of primary amides is 1. The average Bonchev–Trinajstić information content (AvgIpc) is 2.01. The molecule has 0 saturated carbocycles. The Morgan fingerprint density at radius 3 is 2.79 bits per heavy atom. The van der Waals surface area contributed by atoms with E-state index < -0.39 is 12.0 Å². The van der Waals surface area contributed by atoms with Gasteiger partial charge in [0.15, 0.2) is 11.4 Å². The predicted octanol–water partition coefficient (Wildman–Crippen LogP) is 1.17. The molecule has 1 aromatic heterocycles. The Labute approximate surface area is 78.7 Å². The second-order valence-corrected chi connectivity index (χ2v) is 2.62. The Hall–Kier alpha value is -1.72. The molecule has 1 rings (SSSR count). The molecule has 0 saturated heterocycles. The fraction of sp³-hybridized carbons (Fsp3) is 0.250. The summed E-state index contributed by atoms with van der Waals surface area (Å²) in [6.07, 6.45) is -2.10. The van der Waals surface area contributed by atoms with Crippen LogP contribution in [0.3, 0.4) is 0 Å². The van der Waals surface area contributed by atoms with Gasteiger partial charge in [0.1, 0.15) is 0 Å². The minimum Gasteiger partial charge on any atom is -0.430 e. The minimum absolute atomic E-state index is 0.311. The van der Waals surface area contributed by atoms with E-state index in [0.717, 1.165) is 0 Å². The van der Waals surface area contributed by atoms with Crippen LogP contribution in [0, 0.1) is 0 Å². The van der Waals surface area contributed by atoms with Crippen LogP contribution in [0.2, 0.25) is 0 Å². The maximum atomic E-state index is 12.4. The van der Waals surface area contributed by atoms with E-state index in [0.29, 0.717) is 6.92 Å². The monoisotopic (exact) mass is 202 g/mol. The molecule has 0 fully saturated rings. The van der Waals surface area contributed by atoms with E-state index in [1.54, 1.807) is 0 Å². The normalized spacial score (nSPS) is 11.1. The molecule has 0 aromatic carbocycles. The van der Waals surface area contributed by atoms with Crippen molar-refractivity contribution in [1.82, 2.24) is 4.98 Å². The maximum absolute atomic E-state index is 12.4. The van der Waals surface area contributed by atoms with Crippen LogP contribution >= 0.6 is 0 Å². The summed E-state index contributed by atoms with van der Waals surface area (Å²) in [7, 11) is 0. The number of halogens is 2. The fourth-order valence-corrected chi connectivity index (χ4v) is 0.851. The summed E-state index contributed by atoms with van der Waals surface area (Å²) in [5.74, 6) is -1.24. The topological polar surface area (TPSA) is 65.2 Å². The van der Waals surface area contributed by atoms with E-state index in [4.69, 9.17) is 5.73 Å². The smallest absolute Gasteiger partial charge is 0.395 e. The van der Waals surface area contributed by atoms with E-state index in [9.17, 15) is 13.6 Å². The lowest BCUT2D eigenvalue weighted by molar-refractivity contribution is -0.159. The van der Waals surface area contributed by atoms with Gasteiger partial charge in [-0.25, -0.2) is 4.98 Å². The maximum Gasteiger partial charge on any atom is 0.395 e. The molecular formula is C8H8F2N2O2. The van der Waals surface area contributed by atoms with Gasteiger partial charge in [0, 0.05) is 13.1 Å². The van der Waals surface area contributed by atoms with Crippen molar-refractivity contribution in [1.29, 1.82) is 0 Å². The zero-order valence-electron chi connectivity index (χ0n) is 7.33. The summed E-state index contributed by atoms with van der Waals surface area (Å²) in [6.45, 7) is 0.560. The van der Waals surface area contributed by atoms with Gasteiger partial charge in [-0.2, -0.15) is 8.78 Å². The van der Waals surface area contributed by atoms with Gasteiger partial charge in [-0.3, -0.25) is 4.79 Å². The minimum atomic E-state index is -3.37. The molecule has 1 aromatic rings. The van der Waals surface area contributed by atoms with Crippen LogP contribution < -0.4 is 10.5 Å². The number of hydrogen-bond donors (Lipinski definition) is 1. The molecule has 2 N–H and O–H groups in total. The van der Waals surface area contributed by atoms with Gasteiger partial charge in [0.25, 0.3) is 5.91 Å². The molecular weight excluding hydrogens is 194 g/mol. The van der Waals surface area contributed by atoms with Gasteiger partial charge in [-0.05, 0) is 12.1 Å². The van der Waals surface area contributed by atoms with Gasteiger partial charge in [-0.1, -0.05) is 0 Å². The fourth-order valence-electron chi connectivity index (χ4n) is 0.851. The molecule has 0 aliphatic carbocycles. The standard InChI is InChI=1S/C8H8F2N2O2/c1-8(9,10)14-5-3-2-4-12-6(5)7(11)13/h2-4H,1H3,(H2,11,13). The number of carbonyl (C=O) groups excluding carboxylic acids is 1. The number of hydrogen-bond acceptors (Lipinski definition) is 3. The number of rotatable bonds is 3. The molecule has 0 atom stereocenters. The van der Waals surface area contributed by atoms with Crippen molar-refractivity contribution < 1.29 is 18.3 Å². The first kappa shape index (κ1) is 10.4. The zero-order chi connectivity index (χ0) is 10.8. The molecule has 0 aliphatic heterocycles. The largest absolute Gasteiger partial charge is 0.430 e. The Balaban J connectivity index is 3.02. The number of nitrogens with zero attached hydrogens (tertiary/aromatic N) is 1. The van der Waals surface area contributed by atoms with Crippen LogP contribution in [0.15, 0.2) is 18.3 Å². The predicted molar refractivity (Wildman–Crippen MR) is 44.0 cm³/mol. The SMILES string of the molecule is CC(F)(F)Oc1cccnc1C(N)=O. The van der Waals surface area contributed by atoms with Crippen molar-refractivity contribution in [2.75, 3.05) is 0 Å². The Morgan fingerprint density at radius 1 is 1.64 bits per heavy atom. The highest BCUT2D eigenvalue weighted by Gasteiger charge is 2.25. The average molecular weight is 202 g/mol. The molecule has 4 nitrogen and oxygen atoms in total. The Kier molecular flexibility index (Phi) is 2.64. The van der Waals surface area contributed by atoms with Crippen LogP contribution in [0.1, 0.15) is 17.4 Å². The summed E-state index contributed by atoms with van der Waals surface area (Å²) < 4.78 is 29.1. The first-order chi connectivity index (χ1) is 6.40. The van der Waals surface area contributed by atoms with Crippen molar-refractivity contribution in [3.63, 3.8) is 0 Å².